The number of hydrogen-bond donors (Lipinski definition) is 0. The van der Waals surface area contributed by atoms with Gasteiger partial charge in [-0.15, -0.1) is 0 Å². The molecule has 0 aliphatic rings. The van der Waals surface area contributed by atoms with Crippen molar-refractivity contribution >= 4 is 17.9 Å². The van der Waals surface area contributed by atoms with Gasteiger partial charge in [0, 0.05) is 19.3 Å². The summed E-state index contributed by atoms with van der Waals surface area (Å²) < 4.78 is 16.9. The van der Waals surface area contributed by atoms with Crippen LogP contribution < -0.4 is 0 Å². The van der Waals surface area contributed by atoms with Gasteiger partial charge in [-0.05, 0) is 25.2 Å². The van der Waals surface area contributed by atoms with E-state index in [4.69, 9.17) is 14.2 Å². The molecule has 0 radical (unpaired) electrons. The van der Waals surface area contributed by atoms with Crippen molar-refractivity contribution in [1.82, 2.24) is 0 Å². The minimum atomic E-state index is -0.762. The molecular formula is C60H116O6. The lowest BCUT2D eigenvalue weighted by Crippen LogP contribution is -2.30. The van der Waals surface area contributed by atoms with E-state index in [0.717, 1.165) is 63.7 Å². The van der Waals surface area contributed by atoms with Crippen LogP contribution in [0.4, 0.5) is 0 Å². The topological polar surface area (TPSA) is 78.9 Å². The molecule has 0 aliphatic carbocycles. The molecule has 1 unspecified atom stereocenters. The highest BCUT2D eigenvalue weighted by molar-refractivity contribution is 5.71. The molecule has 0 saturated carbocycles. The summed E-state index contributed by atoms with van der Waals surface area (Å²) in [6, 6.07) is 0. The van der Waals surface area contributed by atoms with Crippen molar-refractivity contribution in [2.75, 3.05) is 13.2 Å². The van der Waals surface area contributed by atoms with Crippen LogP contribution in [-0.2, 0) is 28.6 Å². The molecule has 0 rings (SSSR count). The van der Waals surface area contributed by atoms with Gasteiger partial charge in [0.1, 0.15) is 13.2 Å². The summed E-state index contributed by atoms with van der Waals surface area (Å²) in [7, 11) is 0. The molecule has 2 atom stereocenters. The number of esters is 3. The molecule has 0 saturated heterocycles. The molecule has 0 amide bonds. The molecule has 0 spiro atoms. The Labute approximate surface area is 412 Å². The van der Waals surface area contributed by atoms with E-state index < -0.39 is 6.10 Å². The first-order chi connectivity index (χ1) is 32.4. The van der Waals surface area contributed by atoms with E-state index in [0.29, 0.717) is 19.3 Å². The predicted octanol–water partition coefficient (Wildman–Crippen LogP) is 19.8. The number of carbonyl (C=O) groups excluding carboxylic acids is 3. The molecule has 0 aliphatic heterocycles. The minimum Gasteiger partial charge on any atom is -0.462 e. The summed E-state index contributed by atoms with van der Waals surface area (Å²) in [5, 5.41) is 0. The van der Waals surface area contributed by atoms with Crippen molar-refractivity contribution in [1.29, 1.82) is 0 Å². The van der Waals surface area contributed by atoms with Crippen LogP contribution in [0, 0.1) is 5.92 Å². The van der Waals surface area contributed by atoms with Crippen molar-refractivity contribution in [3.63, 3.8) is 0 Å². The van der Waals surface area contributed by atoms with Gasteiger partial charge in [-0.25, -0.2) is 0 Å². The van der Waals surface area contributed by atoms with E-state index in [-0.39, 0.29) is 31.1 Å². The van der Waals surface area contributed by atoms with E-state index in [9.17, 15) is 14.4 Å². The molecular weight excluding hydrogens is 817 g/mol. The maximum Gasteiger partial charge on any atom is 0.306 e. The number of carbonyl (C=O) groups is 3. The second-order valence-corrected chi connectivity index (χ2v) is 20.9. The van der Waals surface area contributed by atoms with Crippen LogP contribution in [-0.4, -0.2) is 37.2 Å². The molecule has 0 fully saturated rings. The zero-order valence-electron chi connectivity index (χ0n) is 45.2. The Morgan fingerprint density at radius 3 is 0.788 bits per heavy atom. The fourth-order valence-corrected chi connectivity index (χ4v) is 9.25. The molecule has 6 nitrogen and oxygen atoms in total. The van der Waals surface area contributed by atoms with Crippen LogP contribution in [0.5, 0.6) is 0 Å². The van der Waals surface area contributed by atoms with Gasteiger partial charge in [-0.1, -0.05) is 304 Å². The number of ether oxygens (including phenoxy) is 3. The third-order valence-corrected chi connectivity index (χ3v) is 14.2. The SMILES string of the molecule is CCCCCCCCCCCCCCCCCCC(=O)O[C@H](COC(=O)CCCCCCCCCCCCCCCC)COC(=O)CCCCCCCCCCCCCCCCC(C)CC. The van der Waals surface area contributed by atoms with Crippen molar-refractivity contribution in [3.05, 3.63) is 0 Å². The van der Waals surface area contributed by atoms with E-state index >= 15 is 0 Å². The first-order valence-corrected chi connectivity index (χ1v) is 29.9. The molecule has 66 heavy (non-hydrogen) atoms. The number of hydrogen-bond acceptors (Lipinski definition) is 6. The van der Waals surface area contributed by atoms with Crippen LogP contribution >= 0.6 is 0 Å². The van der Waals surface area contributed by atoms with Gasteiger partial charge < -0.3 is 14.2 Å². The largest absolute Gasteiger partial charge is 0.462 e. The average molecular weight is 934 g/mol. The lowest BCUT2D eigenvalue weighted by molar-refractivity contribution is -0.167. The first kappa shape index (κ1) is 64.4. The summed E-state index contributed by atoms with van der Waals surface area (Å²) in [5.41, 5.74) is 0. The van der Waals surface area contributed by atoms with Crippen LogP contribution in [0.1, 0.15) is 342 Å². The standard InChI is InChI=1S/C60H116O6/c1-5-8-10-12-14-16-18-20-22-23-29-33-37-41-45-49-53-60(63)66-57(54-64-58(61)51-47-43-39-35-31-27-21-19-17-15-13-11-9-6-2)55-65-59(62)52-48-44-40-36-32-28-25-24-26-30-34-38-42-46-50-56(4)7-3/h56-57H,5-55H2,1-4H3/t56?,57-/m1/s1. The molecule has 0 aromatic rings. The fourth-order valence-electron chi connectivity index (χ4n) is 9.25. The van der Waals surface area contributed by atoms with Gasteiger partial charge in [0.25, 0.3) is 0 Å². The summed E-state index contributed by atoms with van der Waals surface area (Å²) in [5.74, 6) is 0.0636. The quantitative estimate of drug-likeness (QED) is 0.0343. The summed E-state index contributed by atoms with van der Waals surface area (Å²) in [6.45, 7) is 9.11. The molecule has 0 aromatic carbocycles. The monoisotopic (exact) mass is 933 g/mol. The molecule has 0 bridgehead atoms. The third-order valence-electron chi connectivity index (χ3n) is 14.2. The fraction of sp³-hybridized carbons (Fsp3) is 0.950. The summed E-state index contributed by atoms with van der Waals surface area (Å²) >= 11 is 0. The van der Waals surface area contributed by atoms with Crippen LogP contribution in [0.15, 0.2) is 0 Å². The Morgan fingerprint density at radius 1 is 0.303 bits per heavy atom. The Balaban J connectivity index is 4.29. The number of unbranched alkanes of at least 4 members (excludes halogenated alkanes) is 41. The van der Waals surface area contributed by atoms with Crippen LogP contribution in [0.2, 0.25) is 0 Å². The third kappa shape index (κ3) is 51.8. The zero-order chi connectivity index (χ0) is 48.1. The van der Waals surface area contributed by atoms with Crippen LogP contribution in [0.3, 0.4) is 0 Å². The normalized spacial score (nSPS) is 12.4. The minimum absolute atomic E-state index is 0.0616. The molecule has 392 valence electrons. The predicted molar refractivity (Wildman–Crippen MR) is 284 cm³/mol. The van der Waals surface area contributed by atoms with E-state index in [2.05, 4.69) is 27.7 Å². The molecule has 0 aromatic heterocycles. The van der Waals surface area contributed by atoms with Gasteiger partial charge in [0.15, 0.2) is 6.10 Å². The highest BCUT2D eigenvalue weighted by Gasteiger charge is 2.19. The van der Waals surface area contributed by atoms with E-state index in [1.807, 2.05) is 0 Å². The lowest BCUT2D eigenvalue weighted by Gasteiger charge is -2.18. The maximum absolute atomic E-state index is 12.9. The maximum atomic E-state index is 12.9. The van der Waals surface area contributed by atoms with Gasteiger partial charge in [-0.2, -0.15) is 0 Å². The van der Waals surface area contributed by atoms with E-state index in [1.165, 1.54) is 238 Å². The molecule has 6 heteroatoms. The smallest absolute Gasteiger partial charge is 0.306 e. The Hall–Kier alpha value is -1.59. The Morgan fingerprint density at radius 2 is 0.530 bits per heavy atom. The van der Waals surface area contributed by atoms with Crippen molar-refractivity contribution in [3.8, 4) is 0 Å². The second-order valence-electron chi connectivity index (χ2n) is 20.9. The van der Waals surface area contributed by atoms with E-state index in [1.54, 1.807) is 0 Å². The highest BCUT2D eigenvalue weighted by atomic mass is 16.6. The molecule has 0 heterocycles. The number of rotatable bonds is 55. The van der Waals surface area contributed by atoms with Crippen molar-refractivity contribution < 1.29 is 28.6 Å². The van der Waals surface area contributed by atoms with Gasteiger partial charge >= 0.3 is 17.9 Å². The zero-order valence-corrected chi connectivity index (χ0v) is 45.2. The van der Waals surface area contributed by atoms with Crippen LogP contribution in [0.25, 0.3) is 0 Å². The Bertz CT molecular complexity index is 998. The van der Waals surface area contributed by atoms with Crippen molar-refractivity contribution in [2.45, 2.75) is 348 Å². The van der Waals surface area contributed by atoms with Gasteiger partial charge in [0.05, 0.1) is 0 Å². The average Bonchev–Trinajstić information content (AvgIpc) is 3.32. The molecule has 0 N–H and O–H groups in total. The summed E-state index contributed by atoms with van der Waals surface area (Å²) in [6.07, 6.45) is 59.4. The Kier molecular flexibility index (Phi) is 53.0. The second kappa shape index (κ2) is 54.4. The summed E-state index contributed by atoms with van der Waals surface area (Å²) in [4.78, 5) is 38.2. The van der Waals surface area contributed by atoms with Crippen molar-refractivity contribution in [2.24, 2.45) is 5.92 Å². The van der Waals surface area contributed by atoms with Gasteiger partial charge in [-0.3, -0.25) is 14.4 Å². The van der Waals surface area contributed by atoms with Gasteiger partial charge in [0.2, 0.25) is 0 Å². The first-order valence-electron chi connectivity index (χ1n) is 29.9. The lowest BCUT2D eigenvalue weighted by atomic mass is 9.99. The highest BCUT2D eigenvalue weighted by Crippen LogP contribution is 2.19.